The highest BCUT2D eigenvalue weighted by Crippen LogP contribution is 2.22. The molecule has 0 spiro atoms. The lowest BCUT2D eigenvalue weighted by Gasteiger charge is -2.09. The van der Waals surface area contributed by atoms with Gasteiger partial charge < -0.3 is 9.13 Å². The minimum absolute atomic E-state index is 0.219. The average Bonchev–Trinajstić information content (AvgIpc) is 3.23. The Balaban J connectivity index is 1.54. The van der Waals surface area contributed by atoms with Gasteiger partial charge in [0.1, 0.15) is 0 Å². The van der Waals surface area contributed by atoms with Crippen molar-refractivity contribution in [3.63, 3.8) is 0 Å². The van der Waals surface area contributed by atoms with Crippen LogP contribution in [0.4, 0.5) is 0 Å². The summed E-state index contributed by atoms with van der Waals surface area (Å²) in [5.41, 5.74) is 10.5. The molecule has 0 atom stereocenters. The number of halogens is 1. The molecule has 2 aromatic heterocycles. The number of hydrogen-bond donors (Lipinski definition) is 1. The van der Waals surface area contributed by atoms with Crippen LogP contribution in [0.15, 0.2) is 71.8 Å². The van der Waals surface area contributed by atoms with Crippen LogP contribution in [0.5, 0.6) is 0 Å². The van der Waals surface area contributed by atoms with E-state index in [0.717, 1.165) is 39.7 Å². The lowest BCUT2D eigenvalue weighted by molar-refractivity contribution is 0.0954. The molecule has 0 unspecified atom stereocenters. The van der Waals surface area contributed by atoms with Gasteiger partial charge in [-0.3, -0.25) is 4.79 Å². The van der Waals surface area contributed by atoms with Crippen molar-refractivity contribution < 1.29 is 4.79 Å². The topological polar surface area (TPSA) is 51.3 Å². The van der Waals surface area contributed by atoms with Gasteiger partial charge in [0.15, 0.2) is 0 Å². The van der Waals surface area contributed by atoms with E-state index in [1.165, 1.54) is 3.57 Å². The Morgan fingerprint density at radius 3 is 2.12 bits per heavy atom. The lowest BCUT2D eigenvalue weighted by Crippen LogP contribution is -2.18. The number of aryl methyl sites for hydroxylation is 2. The third kappa shape index (κ3) is 4.27. The molecule has 6 heteroatoms. The third-order valence-electron chi connectivity index (χ3n) is 5.61. The molecule has 1 amide bonds. The molecule has 162 valence electrons. The highest BCUT2D eigenvalue weighted by atomic mass is 127. The Morgan fingerprint density at radius 2 is 1.44 bits per heavy atom. The van der Waals surface area contributed by atoms with Crippen LogP contribution in [0.2, 0.25) is 0 Å². The van der Waals surface area contributed by atoms with Crippen LogP contribution >= 0.6 is 22.6 Å². The Kier molecular flexibility index (Phi) is 6.32. The zero-order valence-corrected chi connectivity index (χ0v) is 20.7. The smallest absolute Gasteiger partial charge is 0.273 e. The zero-order chi connectivity index (χ0) is 22.8. The molecule has 0 aliphatic heterocycles. The van der Waals surface area contributed by atoms with E-state index in [9.17, 15) is 4.79 Å². The molecule has 0 bridgehead atoms. The largest absolute Gasteiger partial charge is 0.318 e. The summed E-state index contributed by atoms with van der Waals surface area (Å²) < 4.78 is 5.46. The normalized spacial score (nSPS) is 11.3. The van der Waals surface area contributed by atoms with E-state index in [1.54, 1.807) is 6.21 Å². The van der Waals surface area contributed by atoms with Crippen molar-refractivity contribution in [2.75, 3.05) is 0 Å². The second-order valence-electron chi connectivity index (χ2n) is 7.79. The molecule has 0 radical (unpaired) electrons. The minimum atomic E-state index is -0.219. The van der Waals surface area contributed by atoms with E-state index in [4.69, 9.17) is 0 Å². The Morgan fingerprint density at radius 1 is 0.844 bits per heavy atom. The van der Waals surface area contributed by atoms with Gasteiger partial charge in [-0.2, -0.15) is 5.10 Å². The first-order valence-corrected chi connectivity index (χ1v) is 11.5. The number of hydrazone groups is 1. The first-order valence-electron chi connectivity index (χ1n) is 10.4. The fourth-order valence-electron chi connectivity index (χ4n) is 4.09. The van der Waals surface area contributed by atoms with Gasteiger partial charge in [-0.05, 0) is 98.8 Å². The molecule has 0 fully saturated rings. The number of nitrogens with one attached hydrogen (secondary N) is 1. The van der Waals surface area contributed by atoms with Gasteiger partial charge in [0.25, 0.3) is 5.91 Å². The molecule has 2 aromatic carbocycles. The molecule has 2 heterocycles. The molecular weight excluding hydrogens is 511 g/mol. The zero-order valence-electron chi connectivity index (χ0n) is 18.6. The first-order chi connectivity index (χ1) is 15.4. The minimum Gasteiger partial charge on any atom is -0.318 e. The summed E-state index contributed by atoms with van der Waals surface area (Å²) in [6.07, 6.45) is 1.71. The van der Waals surface area contributed by atoms with Crippen LogP contribution in [-0.4, -0.2) is 21.3 Å². The van der Waals surface area contributed by atoms with Gasteiger partial charge >= 0.3 is 0 Å². The van der Waals surface area contributed by atoms with Crippen LogP contribution in [0.25, 0.3) is 11.4 Å². The summed E-state index contributed by atoms with van der Waals surface area (Å²) >= 11 is 2.30. The van der Waals surface area contributed by atoms with Crippen molar-refractivity contribution in [2.45, 2.75) is 27.7 Å². The van der Waals surface area contributed by atoms with Crippen LogP contribution in [0.3, 0.4) is 0 Å². The predicted molar refractivity (Wildman–Crippen MR) is 138 cm³/mol. The summed E-state index contributed by atoms with van der Waals surface area (Å²) in [7, 11) is 0. The fraction of sp³-hybridized carbons (Fsp3) is 0.154. The van der Waals surface area contributed by atoms with Gasteiger partial charge in [0.2, 0.25) is 0 Å². The maximum Gasteiger partial charge on any atom is 0.273 e. The number of para-hydroxylation sites is 1. The van der Waals surface area contributed by atoms with Gasteiger partial charge in [0.05, 0.1) is 11.8 Å². The number of rotatable bonds is 5. The van der Waals surface area contributed by atoms with Crippen LogP contribution < -0.4 is 5.43 Å². The fourth-order valence-corrected chi connectivity index (χ4v) is 4.45. The molecule has 1 N–H and O–H groups in total. The second-order valence-corrected chi connectivity index (χ2v) is 9.04. The molecule has 32 heavy (non-hydrogen) atoms. The maximum absolute atomic E-state index is 12.8. The lowest BCUT2D eigenvalue weighted by atomic mass is 10.2. The Bertz CT molecular complexity index is 1300. The molecule has 4 rings (SSSR count). The Labute approximate surface area is 201 Å². The van der Waals surface area contributed by atoms with Gasteiger partial charge in [-0.25, -0.2) is 5.43 Å². The summed E-state index contributed by atoms with van der Waals surface area (Å²) in [5, 5.41) is 4.25. The van der Waals surface area contributed by atoms with Gasteiger partial charge in [0, 0.05) is 43.3 Å². The first kappa shape index (κ1) is 22.1. The number of aromatic nitrogens is 2. The van der Waals surface area contributed by atoms with Crippen LogP contribution in [0.1, 0.15) is 38.7 Å². The summed E-state index contributed by atoms with van der Waals surface area (Å²) in [5.74, 6) is -0.219. The summed E-state index contributed by atoms with van der Waals surface area (Å²) in [6.45, 7) is 8.08. The van der Waals surface area contributed by atoms with Crippen molar-refractivity contribution in [3.05, 3.63) is 104 Å². The number of hydrogen-bond acceptors (Lipinski definition) is 2. The number of benzene rings is 2. The predicted octanol–water partition coefficient (Wildman–Crippen LogP) is 5.87. The highest BCUT2D eigenvalue weighted by Gasteiger charge is 2.16. The molecular formula is C26H25IN4O. The molecule has 0 saturated heterocycles. The van der Waals surface area contributed by atoms with Gasteiger partial charge in [-0.15, -0.1) is 0 Å². The van der Waals surface area contributed by atoms with Crippen molar-refractivity contribution in [3.8, 4) is 11.4 Å². The van der Waals surface area contributed by atoms with Gasteiger partial charge in [-0.1, -0.05) is 18.2 Å². The highest BCUT2D eigenvalue weighted by molar-refractivity contribution is 14.1. The van der Waals surface area contributed by atoms with E-state index in [2.05, 4.69) is 86.4 Å². The average molecular weight is 536 g/mol. The van der Waals surface area contributed by atoms with Crippen LogP contribution in [0, 0.1) is 31.3 Å². The quantitative estimate of drug-likeness (QED) is 0.194. The third-order valence-corrected chi connectivity index (χ3v) is 6.33. The van der Waals surface area contributed by atoms with Crippen molar-refractivity contribution in [2.24, 2.45) is 5.10 Å². The number of carbonyl (C=O) groups is 1. The second kappa shape index (κ2) is 9.16. The molecule has 5 nitrogen and oxygen atoms in total. The van der Waals surface area contributed by atoms with E-state index in [1.807, 2.05) is 50.2 Å². The molecule has 0 aliphatic rings. The van der Waals surface area contributed by atoms with E-state index in [0.29, 0.717) is 5.56 Å². The molecule has 0 saturated carbocycles. The summed E-state index contributed by atoms with van der Waals surface area (Å²) in [6, 6.07) is 22.4. The van der Waals surface area contributed by atoms with E-state index < -0.39 is 0 Å². The summed E-state index contributed by atoms with van der Waals surface area (Å²) in [4.78, 5) is 12.8. The van der Waals surface area contributed by atoms with Crippen molar-refractivity contribution in [1.82, 2.24) is 14.6 Å². The van der Waals surface area contributed by atoms with E-state index >= 15 is 0 Å². The Hall–Kier alpha value is -3.13. The molecule has 0 aliphatic carbocycles. The van der Waals surface area contributed by atoms with Crippen LogP contribution in [-0.2, 0) is 0 Å². The van der Waals surface area contributed by atoms with Crippen molar-refractivity contribution in [1.29, 1.82) is 0 Å². The maximum atomic E-state index is 12.8. The molecule has 4 aromatic rings. The standard InChI is InChI=1S/C26H25IN4O/c1-17-14-21(19(3)30(17)24-12-10-22(27)11-13-24)16-28-29-26(32)25-15-18(2)31(20(25)4)23-8-6-5-7-9-23/h5-16H,1-4H3,(H,29,32)/b28-16+. The number of nitrogens with zero attached hydrogens (tertiary/aromatic N) is 3. The monoisotopic (exact) mass is 536 g/mol. The van der Waals surface area contributed by atoms with E-state index in [-0.39, 0.29) is 5.91 Å². The van der Waals surface area contributed by atoms with Crippen molar-refractivity contribution >= 4 is 34.7 Å². The number of carbonyl (C=O) groups excluding carboxylic acids is 1. The number of amides is 1. The SMILES string of the molecule is Cc1cc(/C=N/NC(=O)c2cc(C)n(-c3ccccc3)c2C)c(C)n1-c1ccc(I)cc1.